The molecule has 0 unspecified atom stereocenters. The highest BCUT2D eigenvalue weighted by Gasteiger charge is 2.20. The number of piperidine rings is 1. The van der Waals surface area contributed by atoms with E-state index in [4.69, 9.17) is 4.74 Å². The van der Waals surface area contributed by atoms with Crippen LogP contribution in [-0.2, 0) is 11.3 Å². The van der Waals surface area contributed by atoms with E-state index in [9.17, 15) is 4.79 Å². The van der Waals surface area contributed by atoms with Crippen molar-refractivity contribution in [1.82, 2.24) is 10.2 Å². The van der Waals surface area contributed by atoms with E-state index in [0.717, 1.165) is 44.8 Å². The lowest BCUT2D eigenvalue weighted by Gasteiger charge is -2.31. The van der Waals surface area contributed by atoms with Gasteiger partial charge in [0.05, 0.1) is 0 Å². The zero-order valence-corrected chi connectivity index (χ0v) is 17.1. The summed E-state index contributed by atoms with van der Waals surface area (Å²) in [6.45, 7) is 8.43. The molecule has 1 fully saturated rings. The van der Waals surface area contributed by atoms with Crippen LogP contribution in [0.2, 0.25) is 0 Å². The summed E-state index contributed by atoms with van der Waals surface area (Å²) in [5.74, 6) is 1.78. The highest BCUT2D eigenvalue weighted by Crippen LogP contribution is 2.20. The Morgan fingerprint density at radius 1 is 1.22 bits per heavy atom. The van der Waals surface area contributed by atoms with E-state index in [1.165, 1.54) is 10.4 Å². The molecule has 1 amide bonds. The molecule has 0 saturated carbocycles. The van der Waals surface area contributed by atoms with Crippen molar-refractivity contribution in [3.8, 4) is 5.75 Å². The number of thiophene rings is 1. The van der Waals surface area contributed by atoms with Crippen LogP contribution in [0, 0.1) is 5.92 Å². The molecule has 1 aromatic carbocycles. The molecule has 27 heavy (non-hydrogen) atoms. The van der Waals surface area contributed by atoms with Gasteiger partial charge in [0.1, 0.15) is 5.75 Å². The lowest BCUT2D eigenvalue weighted by molar-refractivity contribution is -0.123. The lowest BCUT2D eigenvalue weighted by atomic mass is 9.97. The molecule has 1 aliphatic rings. The molecule has 0 spiro atoms. The summed E-state index contributed by atoms with van der Waals surface area (Å²) in [6.07, 6.45) is 2.28. The van der Waals surface area contributed by atoms with Crippen molar-refractivity contribution in [3.63, 3.8) is 0 Å². The normalized spacial score (nSPS) is 15.8. The standard InChI is InChI=1S/C22H30N2O2S/c1-17(2)19-5-7-20(8-6-19)26-16-22(25)23-14-18-9-11-24(12-10-18)15-21-4-3-13-27-21/h3-8,13,17-18H,9-12,14-16H2,1-2H3,(H,23,25). The SMILES string of the molecule is CC(C)c1ccc(OCC(=O)NCC2CCN(Cc3cccs3)CC2)cc1. The Kier molecular flexibility index (Phi) is 7.30. The quantitative estimate of drug-likeness (QED) is 0.736. The molecule has 1 saturated heterocycles. The first-order chi connectivity index (χ1) is 13.1. The largest absolute Gasteiger partial charge is 0.484 e. The van der Waals surface area contributed by atoms with Crippen LogP contribution in [0.5, 0.6) is 5.75 Å². The zero-order chi connectivity index (χ0) is 19.1. The maximum absolute atomic E-state index is 12.1. The number of carbonyl (C=O) groups is 1. The second-order valence-corrected chi connectivity index (χ2v) is 8.65. The lowest BCUT2D eigenvalue weighted by Crippen LogP contribution is -2.39. The molecule has 2 aromatic rings. The molecular formula is C22H30N2O2S. The first kappa shape index (κ1) is 19.9. The molecule has 4 nitrogen and oxygen atoms in total. The average Bonchev–Trinajstić information content (AvgIpc) is 3.19. The number of amides is 1. The third kappa shape index (κ3) is 6.36. The third-order valence-corrected chi connectivity index (χ3v) is 6.03. The Labute approximate surface area is 166 Å². The summed E-state index contributed by atoms with van der Waals surface area (Å²) >= 11 is 1.82. The molecule has 2 heterocycles. The molecule has 5 heteroatoms. The van der Waals surface area contributed by atoms with Gasteiger partial charge in [-0.25, -0.2) is 0 Å². The van der Waals surface area contributed by atoms with E-state index in [1.54, 1.807) is 0 Å². The van der Waals surface area contributed by atoms with E-state index >= 15 is 0 Å². The van der Waals surface area contributed by atoms with Crippen molar-refractivity contribution >= 4 is 17.2 Å². The molecule has 3 rings (SSSR count). The van der Waals surface area contributed by atoms with Gasteiger partial charge in [0.2, 0.25) is 0 Å². The van der Waals surface area contributed by atoms with Gasteiger partial charge < -0.3 is 10.1 Å². The van der Waals surface area contributed by atoms with Gasteiger partial charge in [-0.3, -0.25) is 9.69 Å². The van der Waals surface area contributed by atoms with Crippen LogP contribution in [0.15, 0.2) is 41.8 Å². The highest BCUT2D eigenvalue weighted by atomic mass is 32.1. The predicted molar refractivity (Wildman–Crippen MR) is 111 cm³/mol. The first-order valence-electron chi connectivity index (χ1n) is 9.84. The Balaban J connectivity index is 1.31. The summed E-state index contributed by atoms with van der Waals surface area (Å²) < 4.78 is 5.60. The van der Waals surface area contributed by atoms with E-state index in [-0.39, 0.29) is 12.5 Å². The topological polar surface area (TPSA) is 41.6 Å². The Morgan fingerprint density at radius 2 is 1.96 bits per heavy atom. The van der Waals surface area contributed by atoms with E-state index in [2.05, 4.69) is 53.7 Å². The number of likely N-dealkylation sites (tertiary alicyclic amines) is 1. The Morgan fingerprint density at radius 3 is 2.59 bits per heavy atom. The number of ether oxygens (including phenoxy) is 1. The fraction of sp³-hybridized carbons (Fsp3) is 0.500. The Bertz CT molecular complexity index is 690. The molecule has 1 aromatic heterocycles. The fourth-order valence-corrected chi connectivity index (χ4v) is 4.12. The number of rotatable bonds is 8. The van der Waals surface area contributed by atoms with Crippen LogP contribution < -0.4 is 10.1 Å². The van der Waals surface area contributed by atoms with Crippen LogP contribution in [0.4, 0.5) is 0 Å². The smallest absolute Gasteiger partial charge is 0.257 e. The van der Waals surface area contributed by atoms with Crippen molar-refractivity contribution < 1.29 is 9.53 Å². The number of nitrogens with zero attached hydrogens (tertiary/aromatic N) is 1. The molecule has 0 bridgehead atoms. The fourth-order valence-electron chi connectivity index (χ4n) is 3.38. The van der Waals surface area contributed by atoms with Gasteiger partial charge in [-0.2, -0.15) is 0 Å². The van der Waals surface area contributed by atoms with Gasteiger partial charge in [-0.05, 0) is 66.9 Å². The van der Waals surface area contributed by atoms with Crippen molar-refractivity contribution in [2.45, 2.75) is 39.2 Å². The van der Waals surface area contributed by atoms with E-state index in [0.29, 0.717) is 11.8 Å². The summed E-state index contributed by atoms with van der Waals surface area (Å²) in [5, 5.41) is 5.17. The molecule has 0 radical (unpaired) electrons. The molecule has 1 aliphatic heterocycles. The number of benzene rings is 1. The molecule has 0 atom stereocenters. The van der Waals surface area contributed by atoms with Crippen LogP contribution >= 0.6 is 11.3 Å². The number of nitrogens with one attached hydrogen (secondary N) is 1. The van der Waals surface area contributed by atoms with Crippen molar-refractivity contribution in [1.29, 1.82) is 0 Å². The van der Waals surface area contributed by atoms with Gasteiger partial charge in [0.25, 0.3) is 5.91 Å². The number of hydrogen-bond acceptors (Lipinski definition) is 4. The summed E-state index contributed by atoms with van der Waals surface area (Å²) in [4.78, 5) is 16.0. The Hall–Kier alpha value is -1.85. The van der Waals surface area contributed by atoms with Gasteiger partial charge in [0.15, 0.2) is 6.61 Å². The summed E-state index contributed by atoms with van der Waals surface area (Å²) in [7, 11) is 0. The summed E-state index contributed by atoms with van der Waals surface area (Å²) in [6, 6.07) is 12.3. The molecular weight excluding hydrogens is 356 g/mol. The average molecular weight is 387 g/mol. The number of carbonyl (C=O) groups excluding carboxylic acids is 1. The number of hydrogen-bond donors (Lipinski definition) is 1. The highest BCUT2D eigenvalue weighted by molar-refractivity contribution is 7.09. The molecule has 146 valence electrons. The zero-order valence-electron chi connectivity index (χ0n) is 16.3. The molecule has 0 aliphatic carbocycles. The van der Waals surface area contributed by atoms with Crippen molar-refractivity contribution in [2.75, 3.05) is 26.2 Å². The van der Waals surface area contributed by atoms with Gasteiger partial charge in [-0.1, -0.05) is 32.0 Å². The minimum atomic E-state index is -0.0380. The predicted octanol–water partition coefficient (Wildman–Crippen LogP) is 4.28. The van der Waals surface area contributed by atoms with E-state index in [1.807, 2.05) is 23.5 Å². The maximum Gasteiger partial charge on any atom is 0.257 e. The van der Waals surface area contributed by atoms with Crippen LogP contribution in [-0.4, -0.2) is 37.0 Å². The van der Waals surface area contributed by atoms with Gasteiger partial charge in [0, 0.05) is 18.0 Å². The first-order valence-corrected chi connectivity index (χ1v) is 10.7. The van der Waals surface area contributed by atoms with Gasteiger partial charge in [-0.15, -0.1) is 11.3 Å². The minimum absolute atomic E-state index is 0.0380. The van der Waals surface area contributed by atoms with Crippen LogP contribution in [0.3, 0.4) is 0 Å². The van der Waals surface area contributed by atoms with Crippen LogP contribution in [0.1, 0.15) is 43.0 Å². The monoisotopic (exact) mass is 386 g/mol. The van der Waals surface area contributed by atoms with Crippen molar-refractivity contribution in [2.24, 2.45) is 5.92 Å². The third-order valence-electron chi connectivity index (χ3n) is 5.17. The second-order valence-electron chi connectivity index (χ2n) is 7.62. The summed E-state index contributed by atoms with van der Waals surface area (Å²) in [5.41, 5.74) is 1.28. The van der Waals surface area contributed by atoms with Crippen LogP contribution in [0.25, 0.3) is 0 Å². The van der Waals surface area contributed by atoms with E-state index < -0.39 is 0 Å². The van der Waals surface area contributed by atoms with Crippen molar-refractivity contribution in [3.05, 3.63) is 52.2 Å². The maximum atomic E-state index is 12.1. The second kappa shape index (κ2) is 9.90. The molecule has 1 N–H and O–H groups in total. The van der Waals surface area contributed by atoms with Gasteiger partial charge >= 0.3 is 0 Å². The minimum Gasteiger partial charge on any atom is -0.484 e.